The summed E-state index contributed by atoms with van der Waals surface area (Å²) in [6, 6.07) is 4.01. The largest absolute Gasteiger partial charge is 0.477 e. The first-order chi connectivity index (χ1) is 7.84. The Morgan fingerprint density at radius 2 is 2.31 bits per heavy atom. The zero-order valence-electron chi connectivity index (χ0n) is 9.16. The van der Waals surface area contributed by atoms with E-state index >= 15 is 0 Å². The van der Waals surface area contributed by atoms with Gasteiger partial charge in [-0.2, -0.15) is 0 Å². The minimum absolute atomic E-state index is 0.390. The van der Waals surface area contributed by atoms with Crippen LogP contribution >= 0.6 is 11.6 Å². The van der Waals surface area contributed by atoms with Crippen LogP contribution in [0.1, 0.15) is 25.7 Å². The highest BCUT2D eigenvalue weighted by Gasteiger charge is 2.12. The fourth-order valence-electron chi connectivity index (χ4n) is 1.86. The van der Waals surface area contributed by atoms with Crippen LogP contribution in [0.15, 0.2) is 12.1 Å². The first kappa shape index (κ1) is 11.6. The van der Waals surface area contributed by atoms with Gasteiger partial charge in [0.2, 0.25) is 5.88 Å². The maximum absolute atomic E-state index is 5.63. The summed E-state index contributed by atoms with van der Waals surface area (Å²) < 4.78 is 5.49. The molecule has 0 bridgehead atoms. The minimum atomic E-state index is 0.390. The Hall–Kier alpha value is -0.870. The quantitative estimate of drug-likeness (QED) is 0.877. The molecule has 1 aromatic rings. The van der Waals surface area contributed by atoms with Gasteiger partial charge in [-0.3, -0.25) is 0 Å². The normalized spacial score (nSPS) is 20.7. The first-order valence-corrected chi connectivity index (χ1v) is 6.08. The molecule has 2 rings (SSSR count). The molecule has 0 radical (unpaired) electrons. The van der Waals surface area contributed by atoms with Gasteiger partial charge in [0.1, 0.15) is 0 Å². The van der Waals surface area contributed by atoms with Crippen LogP contribution < -0.4 is 10.1 Å². The van der Waals surface area contributed by atoms with Gasteiger partial charge in [0, 0.05) is 12.1 Å². The summed E-state index contributed by atoms with van der Waals surface area (Å²) in [5.74, 6) is 0.542. The van der Waals surface area contributed by atoms with Crippen LogP contribution in [0.25, 0.3) is 0 Å². The molecular formula is C11H16ClN3O. The van der Waals surface area contributed by atoms with Gasteiger partial charge >= 0.3 is 0 Å². The summed E-state index contributed by atoms with van der Waals surface area (Å²) in [5.41, 5.74) is 0. The second kappa shape index (κ2) is 6.01. The first-order valence-electron chi connectivity index (χ1n) is 5.70. The van der Waals surface area contributed by atoms with E-state index in [9.17, 15) is 0 Å². The van der Waals surface area contributed by atoms with Crippen LogP contribution in [0.5, 0.6) is 5.88 Å². The third-order valence-electron chi connectivity index (χ3n) is 2.74. The summed E-state index contributed by atoms with van der Waals surface area (Å²) in [7, 11) is 0. The van der Waals surface area contributed by atoms with Gasteiger partial charge in [0.05, 0.1) is 6.61 Å². The Kier molecular flexibility index (Phi) is 4.36. The second-order valence-electron chi connectivity index (χ2n) is 3.98. The van der Waals surface area contributed by atoms with E-state index in [0.717, 1.165) is 13.0 Å². The lowest BCUT2D eigenvalue weighted by atomic mass is 10.0. The minimum Gasteiger partial charge on any atom is -0.477 e. The Balaban J connectivity index is 1.69. The Labute approximate surface area is 100 Å². The van der Waals surface area contributed by atoms with E-state index in [2.05, 4.69) is 15.5 Å². The van der Waals surface area contributed by atoms with Crippen molar-refractivity contribution in [3.05, 3.63) is 17.3 Å². The summed E-state index contributed by atoms with van der Waals surface area (Å²) in [6.07, 6.45) is 4.87. The predicted octanol–water partition coefficient (Wildman–Crippen LogP) is 2.04. The highest BCUT2D eigenvalue weighted by Crippen LogP contribution is 2.12. The van der Waals surface area contributed by atoms with Crippen molar-refractivity contribution in [3.63, 3.8) is 0 Å². The number of piperidine rings is 1. The number of rotatable bonds is 4. The number of nitrogens with one attached hydrogen (secondary N) is 1. The molecule has 0 amide bonds. The maximum atomic E-state index is 5.63. The van der Waals surface area contributed by atoms with Gasteiger partial charge in [0.25, 0.3) is 0 Å². The second-order valence-corrected chi connectivity index (χ2v) is 4.37. The lowest BCUT2D eigenvalue weighted by molar-refractivity contribution is 0.258. The van der Waals surface area contributed by atoms with E-state index in [1.54, 1.807) is 12.1 Å². The van der Waals surface area contributed by atoms with Gasteiger partial charge in [-0.1, -0.05) is 18.0 Å². The topological polar surface area (TPSA) is 47.0 Å². The Morgan fingerprint density at radius 1 is 1.38 bits per heavy atom. The smallest absolute Gasteiger partial charge is 0.233 e. The zero-order valence-corrected chi connectivity index (χ0v) is 9.91. The van der Waals surface area contributed by atoms with Crippen molar-refractivity contribution in [1.29, 1.82) is 0 Å². The van der Waals surface area contributed by atoms with Crippen molar-refractivity contribution in [2.24, 2.45) is 0 Å². The zero-order chi connectivity index (χ0) is 11.2. The molecule has 1 fully saturated rings. The summed E-state index contributed by atoms with van der Waals surface area (Å²) in [5, 5.41) is 11.4. The molecule has 0 unspecified atom stereocenters. The van der Waals surface area contributed by atoms with Gasteiger partial charge < -0.3 is 10.1 Å². The van der Waals surface area contributed by atoms with E-state index < -0.39 is 0 Å². The molecule has 1 N–H and O–H groups in total. The lowest BCUT2D eigenvalue weighted by Gasteiger charge is -2.23. The van der Waals surface area contributed by atoms with Crippen LogP contribution in [0.3, 0.4) is 0 Å². The van der Waals surface area contributed by atoms with Crippen LogP contribution in [-0.4, -0.2) is 29.4 Å². The molecule has 16 heavy (non-hydrogen) atoms. The molecule has 0 saturated carbocycles. The third kappa shape index (κ3) is 3.61. The van der Waals surface area contributed by atoms with Gasteiger partial charge in [-0.25, -0.2) is 0 Å². The molecule has 1 aromatic heterocycles. The van der Waals surface area contributed by atoms with E-state index in [-0.39, 0.29) is 0 Å². The molecule has 1 aliphatic heterocycles. The molecule has 4 nitrogen and oxygen atoms in total. The summed E-state index contributed by atoms with van der Waals surface area (Å²) in [4.78, 5) is 0. The molecule has 1 aliphatic rings. The van der Waals surface area contributed by atoms with Crippen LogP contribution in [0.2, 0.25) is 5.15 Å². The molecule has 1 atom stereocenters. The number of ether oxygens (including phenoxy) is 1. The van der Waals surface area contributed by atoms with Crippen LogP contribution in [0, 0.1) is 0 Å². The molecule has 2 heterocycles. The molecule has 0 aromatic carbocycles. The lowest BCUT2D eigenvalue weighted by Crippen LogP contribution is -2.35. The molecule has 0 spiro atoms. The van der Waals surface area contributed by atoms with Crippen molar-refractivity contribution >= 4 is 11.6 Å². The SMILES string of the molecule is Clc1ccc(OCC[C@H]2CCCCN2)nn1. The Bertz CT molecular complexity index is 312. The number of nitrogens with zero attached hydrogens (tertiary/aromatic N) is 2. The maximum Gasteiger partial charge on any atom is 0.233 e. The average Bonchev–Trinajstić information content (AvgIpc) is 2.33. The number of hydrogen-bond acceptors (Lipinski definition) is 4. The van der Waals surface area contributed by atoms with E-state index in [4.69, 9.17) is 16.3 Å². The molecular weight excluding hydrogens is 226 g/mol. The fourth-order valence-corrected chi connectivity index (χ4v) is 1.96. The highest BCUT2D eigenvalue weighted by molar-refractivity contribution is 6.29. The molecule has 88 valence electrons. The number of aromatic nitrogens is 2. The summed E-state index contributed by atoms with van der Waals surface area (Å²) >= 11 is 5.63. The van der Waals surface area contributed by atoms with Crippen molar-refractivity contribution in [2.75, 3.05) is 13.2 Å². The van der Waals surface area contributed by atoms with Crippen molar-refractivity contribution < 1.29 is 4.74 Å². The van der Waals surface area contributed by atoms with Gasteiger partial charge in [-0.05, 0) is 31.9 Å². The van der Waals surface area contributed by atoms with E-state index in [1.165, 1.54) is 19.3 Å². The standard InChI is InChI=1S/C11H16ClN3O/c12-10-4-5-11(15-14-10)16-8-6-9-3-1-2-7-13-9/h4-5,9,13H,1-3,6-8H2/t9-/m1/s1. The van der Waals surface area contributed by atoms with Crippen molar-refractivity contribution in [1.82, 2.24) is 15.5 Å². The van der Waals surface area contributed by atoms with Crippen LogP contribution in [0.4, 0.5) is 0 Å². The van der Waals surface area contributed by atoms with Gasteiger partial charge in [-0.15, -0.1) is 10.2 Å². The van der Waals surface area contributed by atoms with E-state index in [0.29, 0.717) is 23.7 Å². The van der Waals surface area contributed by atoms with E-state index in [1.807, 2.05) is 0 Å². The number of halogens is 1. The predicted molar refractivity (Wildman–Crippen MR) is 62.8 cm³/mol. The monoisotopic (exact) mass is 241 g/mol. The number of hydrogen-bond donors (Lipinski definition) is 1. The van der Waals surface area contributed by atoms with Crippen LogP contribution in [-0.2, 0) is 0 Å². The Morgan fingerprint density at radius 3 is 3.00 bits per heavy atom. The third-order valence-corrected chi connectivity index (χ3v) is 2.94. The summed E-state index contributed by atoms with van der Waals surface area (Å²) in [6.45, 7) is 1.80. The average molecular weight is 242 g/mol. The van der Waals surface area contributed by atoms with Gasteiger partial charge in [0.15, 0.2) is 5.15 Å². The fraction of sp³-hybridized carbons (Fsp3) is 0.636. The molecule has 0 aliphatic carbocycles. The highest BCUT2D eigenvalue weighted by atomic mass is 35.5. The van der Waals surface area contributed by atoms with Crippen molar-refractivity contribution in [3.8, 4) is 5.88 Å². The molecule has 5 heteroatoms. The van der Waals surface area contributed by atoms with Crippen molar-refractivity contribution in [2.45, 2.75) is 31.7 Å². The molecule has 1 saturated heterocycles.